The number of carboxylic acids is 1. The van der Waals surface area contributed by atoms with Crippen molar-refractivity contribution >= 4 is 27.7 Å². The van der Waals surface area contributed by atoms with Gasteiger partial charge in [0.15, 0.2) is 0 Å². The number of carbonyl (C=O) groups is 2. The van der Waals surface area contributed by atoms with Crippen LogP contribution in [-0.4, -0.2) is 61.9 Å². The molecule has 0 saturated carbocycles. The first kappa shape index (κ1) is 18.1. The SMILES string of the molecule is CN(C)S(=O)(=O)c1cc(NC(=O)N2CCC(C(=O)O)C2)ccc1F. The second-order valence-electron chi connectivity index (χ2n) is 5.63. The number of aliphatic carboxylic acids is 1. The van der Waals surface area contributed by atoms with Crippen LogP contribution >= 0.6 is 0 Å². The second kappa shape index (κ2) is 6.73. The summed E-state index contributed by atoms with van der Waals surface area (Å²) in [6.45, 7) is 0.359. The van der Waals surface area contributed by atoms with Crippen LogP contribution < -0.4 is 5.32 Å². The quantitative estimate of drug-likeness (QED) is 0.834. The minimum atomic E-state index is -3.99. The molecule has 1 aliphatic heterocycles. The molecule has 1 aromatic rings. The largest absolute Gasteiger partial charge is 0.481 e. The molecular formula is C14H18FN3O5S. The number of carbonyl (C=O) groups excluding carboxylic acids is 1. The minimum absolute atomic E-state index is 0.0746. The molecule has 132 valence electrons. The van der Waals surface area contributed by atoms with Crippen molar-refractivity contribution in [2.75, 3.05) is 32.5 Å². The van der Waals surface area contributed by atoms with E-state index in [-0.39, 0.29) is 18.8 Å². The van der Waals surface area contributed by atoms with Crippen molar-refractivity contribution in [3.63, 3.8) is 0 Å². The molecule has 0 aliphatic carbocycles. The van der Waals surface area contributed by atoms with E-state index in [9.17, 15) is 22.4 Å². The molecule has 0 radical (unpaired) electrons. The maximum Gasteiger partial charge on any atom is 0.321 e. The topological polar surface area (TPSA) is 107 Å². The molecule has 1 aliphatic rings. The van der Waals surface area contributed by atoms with Crippen LogP contribution in [0.3, 0.4) is 0 Å². The molecule has 2 amide bonds. The van der Waals surface area contributed by atoms with Crippen LogP contribution in [0.15, 0.2) is 23.1 Å². The third kappa shape index (κ3) is 3.65. The Morgan fingerprint density at radius 2 is 2.04 bits per heavy atom. The summed E-state index contributed by atoms with van der Waals surface area (Å²) in [6.07, 6.45) is 0.354. The van der Waals surface area contributed by atoms with E-state index >= 15 is 0 Å². The zero-order valence-electron chi connectivity index (χ0n) is 13.2. The van der Waals surface area contributed by atoms with Gasteiger partial charge in [-0.1, -0.05) is 0 Å². The van der Waals surface area contributed by atoms with Crippen molar-refractivity contribution < 1.29 is 27.5 Å². The summed E-state index contributed by atoms with van der Waals surface area (Å²) in [5.74, 6) is -2.51. The summed E-state index contributed by atoms with van der Waals surface area (Å²) < 4.78 is 38.8. The van der Waals surface area contributed by atoms with E-state index < -0.39 is 38.7 Å². The normalized spacial score (nSPS) is 18.0. The van der Waals surface area contributed by atoms with Crippen LogP contribution in [0.4, 0.5) is 14.9 Å². The van der Waals surface area contributed by atoms with E-state index in [0.717, 1.165) is 16.4 Å². The van der Waals surface area contributed by atoms with Crippen molar-refractivity contribution in [2.24, 2.45) is 5.92 Å². The zero-order chi connectivity index (χ0) is 18.1. The summed E-state index contributed by atoms with van der Waals surface area (Å²) in [7, 11) is -1.44. The highest BCUT2D eigenvalue weighted by molar-refractivity contribution is 7.89. The Morgan fingerprint density at radius 3 is 2.58 bits per heavy atom. The van der Waals surface area contributed by atoms with Crippen molar-refractivity contribution in [3.05, 3.63) is 24.0 Å². The molecule has 8 nitrogen and oxygen atoms in total. The molecule has 2 rings (SSSR count). The fourth-order valence-electron chi connectivity index (χ4n) is 2.32. The number of amides is 2. The minimum Gasteiger partial charge on any atom is -0.481 e. The summed E-state index contributed by atoms with van der Waals surface area (Å²) in [6, 6.07) is 2.68. The Bertz CT molecular complexity index is 766. The average molecular weight is 359 g/mol. The molecule has 2 N–H and O–H groups in total. The molecular weight excluding hydrogens is 341 g/mol. The standard InChI is InChI=1S/C14H18FN3O5S/c1-17(2)24(22,23)12-7-10(3-4-11(12)15)16-14(21)18-6-5-9(8-18)13(19)20/h3-4,7,9H,5-6,8H2,1-2H3,(H,16,21)(H,19,20). The lowest BCUT2D eigenvalue weighted by molar-refractivity contribution is -0.141. The Labute approximate surface area is 138 Å². The lowest BCUT2D eigenvalue weighted by Crippen LogP contribution is -2.34. The molecule has 1 fully saturated rings. The zero-order valence-corrected chi connectivity index (χ0v) is 14.0. The van der Waals surface area contributed by atoms with E-state index in [0.29, 0.717) is 6.42 Å². The number of anilines is 1. The van der Waals surface area contributed by atoms with Crippen molar-refractivity contribution in [2.45, 2.75) is 11.3 Å². The molecule has 0 aromatic heterocycles. The van der Waals surface area contributed by atoms with Crippen LogP contribution in [0.1, 0.15) is 6.42 Å². The van der Waals surface area contributed by atoms with Gasteiger partial charge in [0.1, 0.15) is 10.7 Å². The first-order valence-corrected chi connectivity index (χ1v) is 8.57. The van der Waals surface area contributed by atoms with Crippen LogP contribution in [0.5, 0.6) is 0 Å². The molecule has 0 bridgehead atoms. The van der Waals surface area contributed by atoms with Crippen molar-refractivity contribution in [1.29, 1.82) is 0 Å². The highest BCUT2D eigenvalue weighted by atomic mass is 32.2. The van der Waals surface area contributed by atoms with Gasteiger partial charge in [-0.3, -0.25) is 4.79 Å². The number of urea groups is 1. The molecule has 1 heterocycles. The third-order valence-electron chi connectivity index (χ3n) is 3.77. The van der Waals surface area contributed by atoms with Crippen LogP contribution in [0, 0.1) is 11.7 Å². The van der Waals surface area contributed by atoms with E-state index in [1.54, 1.807) is 0 Å². The number of likely N-dealkylation sites (tertiary alicyclic amines) is 1. The number of hydrogen-bond acceptors (Lipinski definition) is 4. The van der Waals surface area contributed by atoms with Gasteiger partial charge >= 0.3 is 12.0 Å². The number of halogens is 1. The van der Waals surface area contributed by atoms with E-state index in [2.05, 4.69) is 5.32 Å². The summed E-state index contributed by atoms with van der Waals surface area (Å²) in [4.78, 5) is 23.8. The second-order valence-corrected chi connectivity index (χ2v) is 7.75. The Kier molecular flexibility index (Phi) is 5.09. The molecule has 0 spiro atoms. The number of sulfonamides is 1. The molecule has 1 atom stereocenters. The highest BCUT2D eigenvalue weighted by Gasteiger charge is 2.31. The van der Waals surface area contributed by atoms with Gasteiger partial charge in [0.25, 0.3) is 0 Å². The summed E-state index contributed by atoms with van der Waals surface area (Å²) in [5, 5.41) is 11.4. The number of benzene rings is 1. The Hall–Kier alpha value is -2.20. The lowest BCUT2D eigenvalue weighted by atomic mass is 10.1. The van der Waals surface area contributed by atoms with Crippen LogP contribution in [0.25, 0.3) is 0 Å². The van der Waals surface area contributed by atoms with E-state index in [1.165, 1.54) is 25.1 Å². The maximum absolute atomic E-state index is 13.8. The van der Waals surface area contributed by atoms with Crippen LogP contribution in [0.2, 0.25) is 0 Å². The van der Waals surface area contributed by atoms with Gasteiger partial charge < -0.3 is 15.3 Å². The monoisotopic (exact) mass is 359 g/mol. The van der Waals surface area contributed by atoms with Crippen molar-refractivity contribution in [1.82, 2.24) is 9.21 Å². The number of nitrogens with zero attached hydrogens (tertiary/aromatic N) is 2. The maximum atomic E-state index is 13.8. The average Bonchev–Trinajstić information content (AvgIpc) is 2.99. The Balaban J connectivity index is 2.17. The van der Waals surface area contributed by atoms with Gasteiger partial charge in [0, 0.05) is 32.9 Å². The van der Waals surface area contributed by atoms with Gasteiger partial charge in [-0.05, 0) is 24.6 Å². The molecule has 1 saturated heterocycles. The van der Waals surface area contributed by atoms with Gasteiger partial charge in [0.2, 0.25) is 10.0 Å². The first-order valence-electron chi connectivity index (χ1n) is 7.13. The van der Waals surface area contributed by atoms with Crippen molar-refractivity contribution in [3.8, 4) is 0 Å². The Morgan fingerprint density at radius 1 is 1.38 bits per heavy atom. The van der Waals surface area contributed by atoms with E-state index in [1.807, 2.05) is 0 Å². The molecule has 24 heavy (non-hydrogen) atoms. The van der Waals surface area contributed by atoms with Gasteiger partial charge in [-0.2, -0.15) is 0 Å². The van der Waals surface area contributed by atoms with Gasteiger partial charge in [-0.15, -0.1) is 0 Å². The number of hydrogen-bond donors (Lipinski definition) is 2. The van der Waals surface area contributed by atoms with Gasteiger partial charge in [0.05, 0.1) is 5.92 Å². The summed E-state index contributed by atoms with van der Waals surface area (Å²) in [5.41, 5.74) is 0.112. The summed E-state index contributed by atoms with van der Waals surface area (Å²) >= 11 is 0. The van der Waals surface area contributed by atoms with Crippen LogP contribution in [-0.2, 0) is 14.8 Å². The predicted molar refractivity (Wildman–Crippen MR) is 83.6 cm³/mol. The van der Waals surface area contributed by atoms with Gasteiger partial charge in [-0.25, -0.2) is 21.9 Å². The number of nitrogens with one attached hydrogen (secondary N) is 1. The molecule has 10 heteroatoms. The molecule has 1 unspecified atom stereocenters. The fourth-order valence-corrected chi connectivity index (χ4v) is 3.31. The van der Waals surface area contributed by atoms with E-state index in [4.69, 9.17) is 5.11 Å². The number of carboxylic acid groups (broad SMARTS) is 1. The molecule has 1 aromatic carbocycles. The lowest BCUT2D eigenvalue weighted by Gasteiger charge is -2.18. The predicted octanol–water partition coefficient (Wildman–Crippen LogP) is 1.01. The first-order chi connectivity index (χ1) is 11.1. The smallest absolute Gasteiger partial charge is 0.321 e. The third-order valence-corrected chi connectivity index (χ3v) is 5.60. The number of rotatable bonds is 4. The fraction of sp³-hybridized carbons (Fsp3) is 0.429. The highest BCUT2D eigenvalue weighted by Crippen LogP contribution is 2.23.